The molecular weight excluding hydrogens is 398 g/mol. The van der Waals surface area contributed by atoms with Gasteiger partial charge in [-0.25, -0.2) is 9.59 Å². The number of rotatable bonds is 3. The molecule has 2 N–H and O–H groups in total. The summed E-state index contributed by atoms with van der Waals surface area (Å²) >= 11 is 0. The van der Waals surface area contributed by atoms with Crippen molar-refractivity contribution >= 4 is 21.9 Å². The van der Waals surface area contributed by atoms with Crippen molar-refractivity contribution in [1.29, 1.82) is 0 Å². The van der Waals surface area contributed by atoms with Crippen LogP contribution >= 0.6 is 0 Å². The highest BCUT2D eigenvalue weighted by molar-refractivity contribution is 5.86. The number of hydrogen-bond acceptors (Lipinski definition) is 7. The van der Waals surface area contributed by atoms with Crippen LogP contribution in [0.1, 0.15) is 22.6 Å². The highest BCUT2D eigenvalue weighted by atomic mass is 16.4. The van der Waals surface area contributed by atoms with Gasteiger partial charge in [-0.15, -0.1) is 0 Å². The van der Waals surface area contributed by atoms with Crippen LogP contribution in [0, 0.1) is 0 Å². The number of benzene rings is 2. The lowest BCUT2D eigenvalue weighted by atomic mass is 9.85. The Morgan fingerprint density at radius 2 is 1.13 bits per heavy atom. The first kappa shape index (κ1) is 18.6. The number of hydrogen-bond donors (Lipinski definition) is 2. The first-order valence-corrected chi connectivity index (χ1v) is 9.45. The molecule has 152 valence electrons. The van der Waals surface area contributed by atoms with Gasteiger partial charge in [-0.3, -0.25) is 4.98 Å². The first-order chi connectivity index (χ1) is 15.1. The Labute approximate surface area is 174 Å². The van der Waals surface area contributed by atoms with Gasteiger partial charge in [-0.2, -0.15) is 0 Å². The average molecular weight is 413 g/mol. The number of aromatic nitrogens is 1. The second kappa shape index (κ2) is 7.14. The van der Waals surface area contributed by atoms with Crippen LogP contribution in [-0.4, -0.2) is 15.2 Å². The van der Waals surface area contributed by atoms with Crippen LogP contribution in [0.2, 0.25) is 0 Å². The van der Waals surface area contributed by atoms with Gasteiger partial charge < -0.3 is 19.0 Å². The first-order valence-electron chi connectivity index (χ1n) is 9.45. The van der Waals surface area contributed by atoms with Gasteiger partial charge in [-0.1, -0.05) is 24.3 Å². The van der Waals surface area contributed by atoms with Gasteiger partial charge in [0.2, 0.25) is 0 Å². The minimum absolute atomic E-state index is 0.178. The summed E-state index contributed by atoms with van der Waals surface area (Å²) in [5.74, 6) is -1.81. The van der Waals surface area contributed by atoms with Crippen LogP contribution in [0.25, 0.3) is 21.9 Å². The highest BCUT2D eigenvalue weighted by Crippen LogP contribution is 2.41. The molecule has 0 atom stereocenters. The summed E-state index contributed by atoms with van der Waals surface area (Å²) in [4.78, 5) is 29.9. The minimum atomic E-state index is -1.15. The molecule has 0 spiro atoms. The Hall–Kier alpha value is -4.39. The van der Waals surface area contributed by atoms with Crippen LogP contribution in [-0.2, 0) is 0 Å². The zero-order valence-corrected chi connectivity index (χ0v) is 16.0. The summed E-state index contributed by atoms with van der Waals surface area (Å²) in [6, 6.07) is 16.2. The van der Waals surface area contributed by atoms with E-state index in [0.29, 0.717) is 16.3 Å². The number of pyridine rings is 1. The third kappa shape index (κ3) is 2.95. The van der Waals surface area contributed by atoms with Gasteiger partial charge in [0.05, 0.1) is 27.8 Å². The number of para-hydroxylation sites is 2. The molecule has 0 aliphatic rings. The molecule has 5 aromatic rings. The molecule has 3 heterocycles. The smallest absolute Gasteiger partial charge is 0.344 e. The van der Waals surface area contributed by atoms with E-state index >= 15 is 0 Å². The molecule has 5 rings (SSSR count). The predicted molar refractivity (Wildman–Crippen MR) is 113 cm³/mol. The molecule has 3 aromatic heterocycles. The molecule has 31 heavy (non-hydrogen) atoms. The van der Waals surface area contributed by atoms with Gasteiger partial charge >= 0.3 is 11.3 Å². The molecule has 0 radical (unpaired) electrons. The van der Waals surface area contributed by atoms with Crippen LogP contribution in [0.5, 0.6) is 11.5 Å². The predicted octanol–water partition coefficient (Wildman–Crippen LogP) is 3.89. The normalized spacial score (nSPS) is 11.4. The van der Waals surface area contributed by atoms with E-state index in [1.165, 1.54) is 12.4 Å². The largest absolute Gasteiger partial charge is 0.507 e. The molecule has 2 aromatic carbocycles. The number of fused-ring (bicyclic) bond motifs is 2. The summed E-state index contributed by atoms with van der Waals surface area (Å²) in [6.45, 7) is 0. The molecule has 0 aliphatic carbocycles. The standard InChI is InChI=1S/C24H15NO6/c26-21-14-5-1-3-7-16(14)30-23(28)19(21)18(13-9-11-25-12-10-13)20-22(27)15-6-2-4-8-17(15)31-24(20)29/h1-12,18,26-27H. The summed E-state index contributed by atoms with van der Waals surface area (Å²) in [6.07, 6.45) is 2.98. The topological polar surface area (TPSA) is 114 Å². The molecule has 0 saturated heterocycles. The van der Waals surface area contributed by atoms with Crippen molar-refractivity contribution in [3.8, 4) is 11.5 Å². The third-order valence-electron chi connectivity index (χ3n) is 5.26. The SMILES string of the molecule is O=c1oc2ccccc2c(O)c1C(c1ccncc1)c1c(O)c2ccccc2oc1=O. The lowest BCUT2D eigenvalue weighted by Gasteiger charge is -2.19. The molecule has 0 unspecified atom stereocenters. The van der Waals surface area contributed by atoms with E-state index in [1.807, 2.05) is 0 Å². The monoisotopic (exact) mass is 413 g/mol. The van der Waals surface area contributed by atoms with Crippen molar-refractivity contribution in [2.75, 3.05) is 0 Å². The van der Waals surface area contributed by atoms with Crippen molar-refractivity contribution in [2.24, 2.45) is 0 Å². The maximum atomic E-state index is 13.0. The number of aromatic hydroxyl groups is 2. The zero-order valence-electron chi connectivity index (χ0n) is 16.0. The van der Waals surface area contributed by atoms with Crippen molar-refractivity contribution in [3.63, 3.8) is 0 Å². The van der Waals surface area contributed by atoms with Gasteiger partial charge in [0.25, 0.3) is 0 Å². The molecule has 0 fully saturated rings. The Balaban J connectivity index is 1.91. The molecule has 0 bridgehead atoms. The Bertz CT molecular complexity index is 1450. The van der Waals surface area contributed by atoms with E-state index in [-0.39, 0.29) is 33.8 Å². The molecule has 0 saturated carbocycles. The average Bonchev–Trinajstić information content (AvgIpc) is 2.78. The Morgan fingerprint density at radius 3 is 1.61 bits per heavy atom. The summed E-state index contributed by atoms with van der Waals surface area (Å²) in [5, 5.41) is 22.7. The van der Waals surface area contributed by atoms with E-state index in [9.17, 15) is 19.8 Å². The quantitative estimate of drug-likeness (QED) is 0.431. The Kier molecular flexibility index (Phi) is 4.29. The summed E-state index contributed by atoms with van der Waals surface area (Å²) < 4.78 is 10.8. The van der Waals surface area contributed by atoms with Crippen molar-refractivity contribution in [3.05, 3.63) is 111 Å². The lowest BCUT2D eigenvalue weighted by Crippen LogP contribution is -2.21. The van der Waals surface area contributed by atoms with Gasteiger partial charge in [0.1, 0.15) is 22.7 Å². The molecule has 0 aliphatic heterocycles. The zero-order chi connectivity index (χ0) is 21.5. The summed E-state index contributed by atoms with van der Waals surface area (Å²) in [5.41, 5.74) is -1.15. The van der Waals surface area contributed by atoms with Crippen molar-refractivity contribution in [2.45, 2.75) is 5.92 Å². The summed E-state index contributed by atoms with van der Waals surface area (Å²) in [7, 11) is 0. The second-order valence-corrected chi connectivity index (χ2v) is 7.01. The number of nitrogens with zero attached hydrogens (tertiary/aromatic N) is 1. The van der Waals surface area contributed by atoms with Gasteiger partial charge in [0, 0.05) is 12.4 Å². The minimum Gasteiger partial charge on any atom is -0.507 e. The van der Waals surface area contributed by atoms with E-state index in [2.05, 4.69) is 4.98 Å². The molecule has 7 nitrogen and oxygen atoms in total. The lowest BCUT2D eigenvalue weighted by molar-refractivity contribution is 0.441. The molecule has 7 heteroatoms. The second-order valence-electron chi connectivity index (χ2n) is 7.01. The van der Waals surface area contributed by atoms with E-state index in [4.69, 9.17) is 8.83 Å². The fourth-order valence-electron chi connectivity index (χ4n) is 3.84. The third-order valence-corrected chi connectivity index (χ3v) is 5.26. The fraction of sp³-hybridized carbons (Fsp3) is 0.0417. The fourth-order valence-corrected chi connectivity index (χ4v) is 3.84. The Morgan fingerprint density at radius 1 is 0.677 bits per heavy atom. The van der Waals surface area contributed by atoms with Crippen LogP contribution in [0.3, 0.4) is 0 Å². The highest BCUT2D eigenvalue weighted by Gasteiger charge is 2.32. The van der Waals surface area contributed by atoms with Crippen LogP contribution in [0.4, 0.5) is 0 Å². The molecule has 0 amide bonds. The maximum absolute atomic E-state index is 13.0. The van der Waals surface area contributed by atoms with Crippen LogP contribution in [0.15, 0.2) is 91.5 Å². The maximum Gasteiger partial charge on any atom is 0.344 e. The van der Waals surface area contributed by atoms with E-state index < -0.39 is 17.2 Å². The molecular formula is C24H15NO6. The van der Waals surface area contributed by atoms with Crippen LogP contribution < -0.4 is 11.3 Å². The van der Waals surface area contributed by atoms with Gasteiger partial charge in [0.15, 0.2) is 0 Å². The van der Waals surface area contributed by atoms with Crippen molar-refractivity contribution < 1.29 is 19.0 Å². The van der Waals surface area contributed by atoms with E-state index in [1.54, 1.807) is 60.7 Å². The van der Waals surface area contributed by atoms with E-state index in [0.717, 1.165) is 0 Å². The van der Waals surface area contributed by atoms with Crippen molar-refractivity contribution in [1.82, 2.24) is 4.98 Å². The van der Waals surface area contributed by atoms with Gasteiger partial charge in [-0.05, 0) is 42.0 Å².